The first-order chi connectivity index (χ1) is 6.74. The molecule has 0 spiro atoms. The van der Waals surface area contributed by atoms with Crippen LogP contribution in [0.3, 0.4) is 0 Å². The first-order valence-electron chi connectivity index (χ1n) is 3.68. The van der Waals surface area contributed by atoms with Crippen LogP contribution in [-0.4, -0.2) is 19.5 Å². The fourth-order valence-electron chi connectivity index (χ4n) is 0.674. The van der Waals surface area contributed by atoms with Gasteiger partial charge in [0, 0.05) is 11.2 Å². The van der Waals surface area contributed by atoms with Crippen molar-refractivity contribution in [1.82, 2.24) is 5.10 Å². The van der Waals surface area contributed by atoms with Gasteiger partial charge in [-0.2, -0.15) is 4.39 Å². The van der Waals surface area contributed by atoms with Crippen molar-refractivity contribution in [1.29, 1.82) is 0 Å². The summed E-state index contributed by atoms with van der Waals surface area (Å²) in [6.07, 6.45) is 0. The molecular weight excluding hydrogens is 222 g/mol. The first kappa shape index (κ1) is 13.6. The molecule has 0 atom stereocenters. The van der Waals surface area contributed by atoms with E-state index in [2.05, 4.69) is 5.10 Å². The highest BCUT2D eigenvalue weighted by Crippen LogP contribution is 2.06. The Morgan fingerprint density at radius 2 is 1.73 bits per heavy atom. The molecule has 1 rings (SSSR count). The molecule has 0 N–H and O–H groups in total. The normalized spacial score (nSPS) is 10.3. The van der Waals surface area contributed by atoms with Gasteiger partial charge in [0.05, 0.1) is 13.2 Å². The number of methoxy groups -OCH3 is 1. The largest absolute Gasteiger partial charge is 0.673 e. The standard InChI is InChI=1S/C6H8FN2O.BF4/c1-9-6(10-2)4-3-5(7)8-9;2-1(3,4)5/h3-4H,1-2H3;/q+1;-1. The van der Waals surface area contributed by atoms with E-state index in [4.69, 9.17) is 4.74 Å². The van der Waals surface area contributed by atoms with Gasteiger partial charge in [0.25, 0.3) is 5.95 Å². The van der Waals surface area contributed by atoms with Gasteiger partial charge in [-0.05, 0) is 0 Å². The zero-order valence-corrected chi connectivity index (χ0v) is 7.92. The van der Waals surface area contributed by atoms with Crippen LogP contribution in [0.1, 0.15) is 0 Å². The van der Waals surface area contributed by atoms with Crippen molar-refractivity contribution in [2.75, 3.05) is 7.11 Å². The summed E-state index contributed by atoms with van der Waals surface area (Å²) in [5.74, 6) is 0.0182. The summed E-state index contributed by atoms with van der Waals surface area (Å²) in [5.41, 5.74) is 0. The molecule has 1 aromatic rings. The minimum atomic E-state index is -6.00. The Labute approximate surface area is 82.6 Å². The fourth-order valence-corrected chi connectivity index (χ4v) is 0.674. The van der Waals surface area contributed by atoms with E-state index in [9.17, 15) is 21.7 Å². The monoisotopic (exact) mass is 230 g/mol. The number of aryl methyl sites for hydroxylation is 1. The van der Waals surface area contributed by atoms with E-state index >= 15 is 0 Å². The highest BCUT2D eigenvalue weighted by molar-refractivity contribution is 6.50. The third-order valence-corrected chi connectivity index (χ3v) is 1.14. The SMILES string of the molecule is COc1ccc(F)n[n+]1C.F[B-](F)(F)F. The minimum Gasteiger partial charge on any atom is -0.446 e. The van der Waals surface area contributed by atoms with Crippen LogP contribution in [0.4, 0.5) is 21.7 Å². The van der Waals surface area contributed by atoms with Gasteiger partial charge < -0.3 is 22.0 Å². The van der Waals surface area contributed by atoms with Crippen molar-refractivity contribution >= 4 is 7.25 Å². The molecule has 1 heterocycles. The van der Waals surface area contributed by atoms with Crippen LogP contribution in [0.25, 0.3) is 0 Å². The molecule has 0 aliphatic carbocycles. The highest BCUT2D eigenvalue weighted by atomic mass is 19.5. The number of halogens is 5. The molecular formula is C6H8BF5N2O. The molecule has 0 bridgehead atoms. The predicted octanol–water partition coefficient (Wildman–Crippen LogP) is 1.35. The van der Waals surface area contributed by atoms with Gasteiger partial charge in [0.1, 0.15) is 0 Å². The quantitative estimate of drug-likeness (QED) is 0.413. The van der Waals surface area contributed by atoms with Gasteiger partial charge in [-0.25, -0.2) is 0 Å². The van der Waals surface area contributed by atoms with Crippen molar-refractivity contribution < 1.29 is 31.1 Å². The van der Waals surface area contributed by atoms with Gasteiger partial charge in [-0.1, -0.05) is 4.68 Å². The van der Waals surface area contributed by atoms with E-state index in [1.54, 1.807) is 7.05 Å². The molecule has 15 heavy (non-hydrogen) atoms. The van der Waals surface area contributed by atoms with Crippen LogP contribution in [0.5, 0.6) is 5.88 Å². The Hall–Kier alpha value is -1.41. The average Bonchev–Trinajstić information content (AvgIpc) is 2.01. The molecule has 0 aliphatic heterocycles. The van der Waals surface area contributed by atoms with E-state index < -0.39 is 13.2 Å². The Bertz CT molecular complexity index is 313. The van der Waals surface area contributed by atoms with Crippen LogP contribution in [0, 0.1) is 5.95 Å². The number of hydrogen-bond acceptors (Lipinski definition) is 2. The van der Waals surface area contributed by atoms with E-state index in [-0.39, 0.29) is 0 Å². The second-order valence-corrected chi connectivity index (χ2v) is 2.32. The maximum Gasteiger partial charge on any atom is 0.673 e. The summed E-state index contributed by atoms with van der Waals surface area (Å²) < 4.78 is 57.5. The second-order valence-electron chi connectivity index (χ2n) is 2.32. The third kappa shape index (κ3) is 7.65. The predicted molar refractivity (Wildman–Crippen MR) is 42.1 cm³/mol. The van der Waals surface area contributed by atoms with Gasteiger partial charge in [0.15, 0.2) is 7.05 Å². The highest BCUT2D eigenvalue weighted by Gasteiger charge is 2.20. The average molecular weight is 230 g/mol. The molecule has 0 radical (unpaired) electrons. The van der Waals surface area contributed by atoms with Crippen LogP contribution in [-0.2, 0) is 7.05 Å². The number of aromatic nitrogens is 2. The lowest BCUT2D eigenvalue weighted by Crippen LogP contribution is -2.35. The van der Waals surface area contributed by atoms with Crippen LogP contribution >= 0.6 is 0 Å². The fraction of sp³-hybridized carbons (Fsp3) is 0.333. The lowest BCUT2D eigenvalue weighted by Gasteiger charge is -1.94. The summed E-state index contributed by atoms with van der Waals surface area (Å²) in [6, 6.07) is 2.77. The van der Waals surface area contributed by atoms with Gasteiger partial charge >= 0.3 is 13.1 Å². The Balaban J connectivity index is 0.000000336. The summed E-state index contributed by atoms with van der Waals surface area (Å²) in [6.45, 7) is 0. The molecule has 0 saturated carbocycles. The molecule has 3 nitrogen and oxygen atoms in total. The van der Waals surface area contributed by atoms with Crippen LogP contribution in [0.15, 0.2) is 12.1 Å². The van der Waals surface area contributed by atoms with Crippen molar-refractivity contribution in [2.24, 2.45) is 7.05 Å². The van der Waals surface area contributed by atoms with Crippen LogP contribution in [0.2, 0.25) is 0 Å². The second kappa shape index (κ2) is 5.47. The van der Waals surface area contributed by atoms with Crippen molar-refractivity contribution in [3.63, 3.8) is 0 Å². The first-order valence-corrected chi connectivity index (χ1v) is 3.68. The minimum absolute atomic E-state index is 0.511. The van der Waals surface area contributed by atoms with E-state index in [1.165, 1.54) is 23.9 Å². The van der Waals surface area contributed by atoms with Crippen molar-refractivity contribution in [3.05, 3.63) is 18.1 Å². The topological polar surface area (TPSA) is 26.0 Å². The molecule has 1 aromatic heterocycles. The zero-order chi connectivity index (χ0) is 12.1. The Kier molecular flexibility index (Phi) is 4.96. The molecule has 0 fully saturated rings. The molecule has 0 unspecified atom stereocenters. The third-order valence-electron chi connectivity index (χ3n) is 1.14. The number of rotatable bonds is 1. The molecule has 0 aliphatic rings. The van der Waals surface area contributed by atoms with Crippen molar-refractivity contribution in [3.8, 4) is 5.88 Å². The number of ether oxygens (including phenoxy) is 1. The summed E-state index contributed by atoms with van der Waals surface area (Å²) in [4.78, 5) is 0. The lowest BCUT2D eigenvalue weighted by atomic mass is 10.3. The molecule has 0 amide bonds. The van der Waals surface area contributed by atoms with Crippen LogP contribution < -0.4 is 9.42 Å². The summed E-state index contributed by atoms with van der Waals surface area (Å²) in [5, 5.41) is 3.47. The van der Waals surface area contributed by atoms with Gasteiger partial charge in [0.2, 0.25) is 0 Å². The maximum absolute atomic E-state index is 12.3. The maximum atomic E-state index is 12.3. The number of hydrogen-bond donors (Lipinski definition) is 0. The van der Waals surface area contributed by atoms with E-state index in [1.807, 2.05) is 0 Å². The zero-order valence-electron chi connectivity index (χ0n) is 7.92. The number of nitrogens with zero attached hydrogens (tertiary/aromatic N) is 2. The Morgan fingerprint density at radius 1 is 1.27 bits per heavy atom. The molecule has 9 heteroatoms. The van der Waals surface area contributed by atoms with E-state index in [0.29, 0.717) is 5.88 Å². The van der Waals surface area contributed by atoms with E-state index in [0.717, 1.165) is 0 Å². The summed E-state index contributed by atoms with van der Waals surface area (Å²) in [7, 11) is -2.88. The van der Waals surface area contributed by atoms with Gasteiger partial charge in [-0.3, -0.25) is 0 Å². The molecule has 0 aromatic carbocycles. The van der Waals surface area contributed by atoms with Gasteiger partial charge in [-0.15, -0.1) is 0 Å². The lowest BCUT2D eigenvalue weighted by molar-refractivity contribution is -0.737. The molecule has 86 valence electrons. The Morgan fingerprint density at radius 3 is 2.07 bits per heavy atom. The summed E-state index contributed by atoms with van der Waals surface area (Å²) >= 11 is 0. The molecule has 0 saturated heterocycles. The van der Waals surface area contributed by atoms with Crippen molar-refractivity contribution in [2.45, 2.75) is 0 Å². The smallest absolute Gasteiger partial charge is 0.446 e.